The summed E-state index contributed by atoms with van der Waals surface area (Å²) >= 11 is 2.06. The van der Waals surface area contributed by atoms with Crippen LogP contribution in [0, 0.1) is 0 Å². The fourth-order valence-electron chi connectivity index (χ4n) is 2.27. The SMILES string of the molecule is CCNC(=NCCCCOCC)N1CCSC(C)(C)C1.I. The van der Waals surface area contributed by atoms with Gasteiger partial charge in [0.2, 0.25) is 0 Å². The van der Waals surface area contributed by atoms with Crippen molar-refractivity contribution < 1.29 is 4.74 Å². The Kier molecular flexibility index (Phi) is 12.0. The van der Waals surface area contributed by atoms with Gasteiger partial charge in [-0.2, -0.15) is 11.8 Å². The van der Waals surface area contributed by atoms with Crippen molar-refractivity contribution in [2.75, 3.05) is 45.1 Å². The molecule has 0 radical (unpaired) electrons. The van der Waals surface area contributed by atoms with Crippen molar-refractivity contribution in [2.24, 2.45) is 4.99 Å². The number of thioether (sulfide) groups is 1. The molecule has 0 aromatic heterocycles. The molecule has 1 saturated heterocycles. The molecule has 0 unspecified atom stereocenters. The van der Waals surface area contributed by atoms with Gasteiger partial charge in [0.15, 0.2) is 5.96 Å². The lowest BCUT2D eigenvalue weighted by Crippen LogP contribution is -2.51. The van der Waals surface area contributed by atoms with Gasteiger partial charge in [-0.25, -0.2) is 0 Å². The molecule has 0 bridgehead atoms. The molecule has 0 atom stereocenters. The summed E-state index contributed by atoms with van der Waals surface area (Å²) in [5.74, 6) is 2.26. The summed E-state index contributed by atoms with van der Waals surface area (Å²) in [4.78, 5) is 7.17. The summed E-state index contributed by atoms with van der Waals surface area (Å²) in [5.41, 5.74) is 0. The third-order valence-electron chi connectivity index (χ3n) is 3.22. The van der Waals surface area contributed by atoms with Crippen molar-refractivity contribution in [3.05, 3.63) is 0 Å². The maximum Gasteiger partial charge on any atom is 0.193 e. The monoisotopic (exact) mass is 429 g/mol. The minimum Gasteiger partial charge on any atom is -0.382 e. The molecule has 0 aliphatic carbocycles. The van der Waals surface area contributed by atoms with Crippen molar-refractivity contribution in [1.82, 2.24) is 10.2 Å². The molecule has 0 amide bonds. The fourth-order valence-corrected chi connectivity index (χ4v) is 3.38. The van der Waals surface area contributed by atoms with Gasteiger partial charge < -0.3 is 15.0 Å². The van der Waals surface area contributed by atoms with Gasteiger partial charge in [0, 0.05) is 49.9 Å². The summed E-state index contributed by atoms with van der Waals surface area (Å²) in [6, 6.07) is 0. The van der Waals surface area contributed by atoms with Gasteiger partial charge in [-0.15, -0.1) is 24.0 Å². The quantitative estimate of drug-likeness (QED) is 0.292. The Hall–Kier alpha value is 0.310. The van der Waals surface area contributed by atoms with E-state index in [0.29, 0.717) is 4.75 Å². The normalized spacial score (nSPS) is 18.3. The molecule has 21 heavy (non-hydrogen) atoms. The topological polar surface area (TPSA) is 36.9 Å². The van der Waals surface area contributed by atoms with E-state index in [9.17, 15) is 0 Å². The molecule has 126 valence electrons. The average molecular weight is 429 g/mol. The maximum absolute atomic E-state index is 5.35. The molecular weight excluding hydrogens is 397 g/mol. The predicted molar refractivity (Wildman–Crippen MR) is 105 cm³/mol. The van der Waals surface area contributed by atoms with E-state index in [-0.39, 0.29) is 24.0 Å². The van der Waals surface area contributed by atoms with Gasteiger partial charge in [0.05, 0.1) is 0 Å². The zero-order chi connectivity index (χ0) is 14.8. The molecule has 1 fully saturated rings. The number of rotatable bonds is 7. The van der Waals surface area contributed by atoms with Crippen LogP contribution in [-0.4, -0.2) is 60.8 Å². The van der Waals surface area contributed by atoms with Crippen molar-refractivity contribution in [3.8, 4) is 0 Å². The zero-order valence-corrected chi connectivity index (χ0v) is 17.1. The molecule has 6 heteroatoms. The molecule has 1 N–H and O–H groups in total. The molecule has 1 aliphatic heterocycles. The van der Waals surface area contributed by atoms with E-state index < -0.39 is 0 Å². The van der Waals surface area contributed by atoms with E-state index in [1.807, 2.05) is 6.92 Å². The first-order valence-electron chi connectivity index (χ1n) is 7.84. The van der Waals surface area contributed by atoms with Crippen LogP contribution in [0.2, 0.25) is 0 Å². The number of unbranched alkanes of at least 4 members (excludes halogenated alkanes) is 1. The van der Waals surface area contributed by atoms with Crippen LogP contribution < -0.4 is 5.32 Å². The number of hydrogen-bond acceptors (Lipinski definition) is 3. The van der Waals surface area contributed by atoms with Crippen LogP contribution in [0.25, 0.3) is 0 Å². The average Bonchev–Trinajstić information content (AvgIpc) is 2.40. The largest absolute Gasteiger partial charge is 0.382 e. The summed E-state index contributed by atoms with van der Waals surface area (Å²) in [7, 11) is 0. The first-order chi connectivity index (χ1) is 9.59. The molecule has 0 saturated carbocycles. The minimum atomic E-state index is 0. The number of nitrogens with zero attached hydrogens (tertiary/aromatic N) is 2. The van der Waals surface area contributed by atoms with Gasteiger partial charge in [0.25, 0.3) is 0 Å². The smallest absolute Gasteiger partial charge is 0.193 e. The van der Waals surface area contributed by atoms with E-state index in [4.69, 9.17) is 9.73 Å². The number of nitrogens with one attached hydrogen (secondary N) is 1. The van der Waals surface area contributed by atoms with Gasteiger partial charge in [0.1, 0.15) is 0 Å². The third kappa shape index (κ3) is 9.13. The summed E-state index contributed by atoms with van der Waals surface area (Å²) in [5, 5.41) is 3.43. The van der Waals surface area contributed by atoms with E-state index in [2.05, 4.69) is 42.7 Å². The van der Waals surface area contributed by atoms with Gasteiger partial charge in [-0.1, -0.05) is 0 Å². The molecule has 1 aliphatic rings. The molecular formula is C15H32IN3OS. The molecule has 0 spiro atoms. The third-order valence-corrected chi connectivity index (χ3v) is 4.52. The molecule has 4 nitrogen and oxygen atoms in total. The number of ether oxygens (including phenoxy) is 1. The lowest BCUT2D eigenvalue weighted by Gasteiger charge is -2.39. The first-order valence-corrected chi connectivity index (χ1v) is 8.82. The second-order valence-electron chi connectivity index (χ2n) is 5.67. The van der Waals surface area contributed by atoms with Crippen molar-refractivity contribution in [3.63, 3.8) is 0 Å². The van der Waals surface area contributed by atoms with E-state index in [1.165, 1.54) is 5.75 Å². The van der Waals surface area contributed by atoms with Crippen LogP contribution in [0.15, 0.2) is 4.99 Å². The number of aliphatic imine (C=N–C) groups is 1. The van der Waals surface area contributed by atoms with Crippen molar-refractivity contribution in [1.29, 1.82) is 0 Å². The Labute approximate surface area is 151 Å². The second-order valence-corrected chi connectivity index (χ2v) is 7.47. The van der Waals surface area contributed by atoms with E-state index in [1.54, 1.807) is 0 Å². The van der Waals surface area contributed by atoms with Crippen LogP contribution in [0.1, 0.15) is 40.5 Å². The Morgan fingerprint density at radius 3 is 2.71 bits per heavy atom. The predicted octanol–water partition coefficient (Wildman–Crippen LogP) is 3.21. The van der Waals surface area contributed by atoms with Crippen LogP contribution in [0.5, 0.6) is 0 Å². The standard InChI is InChI=1S/C15H31N3OS.HI/c1-5-16-14(17-9-7-8-11-19-6-2)18-10-12-20-15(3,4)13-18;/h5-13H2,1-4H3,(H,16,17);1H. The highest BCUT2D eigenvalue weighted by atomic mass is 127. The maximum atomic E-state index is 5.35. The number of halogens is 1. The van der Waals surface area contributed by atoms with Crippen LogP contribution >= 0.6 is 35.7 Å². The van der Waals surface area contributed by atoms with Crippen LogP contribution in [0.4, 0.5) is 0 Å². The first kappa shape index (κ1) is 21.3. The van der Waals surface area contributed by atoms with Crippen molar-refractivity contribution >= 4 is 41.7 Å². The molecule has 1 rings (SSSR count). The Balaban J connectivity index is 0.00000400. The minimum absolute atomic E-state index is 0. The van der Waals surface area contributed by atoms with Crippen molar-refractivity contribution in [2.45, 2.75) is 45.3 Å². The van der Waals surface area contributed by atoms with E-state index in [0.717, 1.165) is 58.2 Å². The Bertz CT molecular complexity index is 301. The highest BCUT2D eigenvalue weighted by Gasteiger charge is 2.28. The lowest BCUT2D eigenvalue weighted by molar-refractivity contribution is 0.144. The summed E-state index contributed by atoms with van der Waals surface area (Å²) in [6.07, 6.45) is 2.19. The highest BCUT2D eigenvalue weighted by Crippen LogP contribution is 2.29. The highest BCUT2D eigenvalue weighted by molar-refractivity contribution is 14.0. The van der Waals surface area contributed by atoms with Crippen LogP contribution in [0.3, 0.4) is 0 Å². The second kappa shape index (κ2) is 11.8. The molecule has 0 aromatic carbocycles. The number of guanidine groups is 1. The molecule has 0 aromatic rings. The van der Waals surface area contributed by atoms with E-state index >= 15 is 0 Å². The zero-order valence-electron chi connectivity index (χ0n) is 14.0. The Morgan fingerprint density at radius 1 is 1.33 bits per heavy atom. The van der Waals surface area contributed by atoms with Gasteiger partial charge in [-0.3, -0.25) is 4.99 Å². The summed E-state index contributed by atoms with van der Waals surface area (Å²) < 4.78 is 5.68. The fraction of sp³-hybridized carbons (Fsp3) is 0.933. The van der Waals surface area contributed by atoms with Crippen LogP contribution in [-0.2, 0) is 4.74 Å². The Morgan fingerprint density at radius 2 is 2.10 bits per heavy atom. The number of hydrogen-bond donors (Lipinski definition) is 1. The van der Waals surface area contributed by atoms with Gasteiger partial charge in [-0.05, 0) is 40.5 Å². The lowest BCUT2D eigenvalue weighted by atomic mass is 10.2. The molecule has 1 heterocycles. The summed E-state index contributed by atoms with van der Waals surface area (Å²) in [6.45, 7) is 14.5. The van der Waals surface area contributed by atoms with Gasteiger partial charge >= 0.3 is 0 Å².